The van der Waals surface area contributed by atoms with Crippen molar-refractivity contribution in [1.82, 2.24) is 4.90 Å². The molecule has 0 aromatic carbocycles. The summed E-state index contributed by atoms with van der Waals surface area (Å²) in [6, 6.07) is 0. The van der Waals surface area contributed by atoms with Crippen molar-refractivity contribution in [2.24, 2.45) is 11.8 Å². The number of likely N-dealkylation sites (tertiary alicyclic amines) is 1. The third-order valence-electron chi connectivity index (χ3n) is 5.34. The zero-order valence-corrected chi connectivity index (χ0v) is 13.5. The minimum absolute atomic E-state index is 0.0456. The summed E-state index contributed by atoms with van der Waals surface area (Å²) >= 11 is 0. The predicted octanol–water partition coefficient (Wildman–Crippen LogP) is 3.91. The van der Waals surface area contributed by atoms with E-state index in [0.29, 0.717) is 37.8 Å². The SMILES string of the molecule is CC(C)C1CCN(C(O)OC2(C(F)(F)F)CCCCC2)CC1. The number of aliphatic hydroxyl groups is 1. The molecule has 2 rings (SSSR count). The molecule has 0 radical (unpaired) electrons. The third-order valence-corrected chi connectivity index (χ3v) is 5.34. The van der Waals surface area contributed by atoms with Crippen LogP contribution >= 0.6 is 0 Å². The Morgan fingerprint density at radius 3 is 2.09 bits per heavy atom. The number of hydrogen-bond acceptors (Lipinski definition) is 3. The molecule has 1 saturated carbocycles. The zero-order chi connectivity index (χ0) is 16.4. The van der Waals surface area contributed by atoms with Gasteiger partial charge in [0.1, 0.15) is 0 Å². The normalized spacial score (nSPS) is 26.3. The topological polar surface area (TPSA) is 32.7 Å². The summed E-state index contributed by atoms with van der Waals surface area (Å²) in [6.45, 7) is 5.51. The first-order chi connectivity index (χ1) is 10.3. The van der Waals surface area contributed by atoms with Gasteiger partial charge < -0.3 is 9.84 Å². The number of rotatable bonds is 4. The molecule has 3 nitrogen and oxygen atoms in total. The highest BCUT2D eigenvalue weighted by Crippen LogP contribution is 2.45. The van der Waals surface area contributed by atoms with Crippen LogP contribution in [0.4, 0.5) is 13.2 Å². The number of hydrogen-bond donors (Lipinski definition) is 1. The van der Waals surface area contributed by atoms with E-state index < -0.39 is 18.2 Å². The second-order valence-corrected chi connectivity index (χ2v) is 7.11. The molecule has 22 heavy (non-hydrogen) atoms. The average Bonchev–Trinajstić information content (AvgIpc) is 2.47. The molecule has 0 aromatic rings. The molecule has 1 unspecified atom stereocenters. The van der Waals surface area contributed by atoms with Crippen LogP contribution in [0.25, 0.3) is 0 Å². The number of nitrogens with zero attached hydrogens (tertiary/aromatic N) is 1. The largest absolute Gasteiger partial charge is 0.417 e. The van der Waals surface area contributed by atoms with Crippen molar-refractivity contribution >= 4 is 0 Å². The minimum atomic E-state index is -4.43. The summed E-state index contributed by atoms with van der Waals surface area (Å²) in [7, 11) is 0. The fourth-order valence-corrected chi connectivity index (χ4v) is 3.67. The molecule has 0 bridgehead atoms. The van der Waals surface area contributed by atoms with E-state index in [4.69, 9.17) is 4.74 Å². The van der Waals surface area contributed by atoms with E-state index in [1.165, 1.54) is 0 Å². The Balaban J connectivity index is 1.96. The number of aliphatic hydroxyl groups excluding tert-OH is 1. The van der Waals surface area contributed by atoms with Gasteiger partial charge in [-0.05, 0) is 37.5 Å². The lowest BCUT2D eigenvalue weighted by Crippen LogP contribution is -2.55. The van der Waals surface area contributed by atoms with Crippen molar-refractivity contribution in [2.45, 2.75) is 77.0 Å². The first-order valence-corrected chi connectivity index (χ1v) is 8.42. The van der Waals surface area contributed by atoms with Gasteiger partial charge in [0, 0.05) is 13.1 Å². The molecule has 1 aliphatic carbocycles. The minimum Gasteiger partial charge on any atom is -0.356 e. The maximum atomic E-state index is 13.4. The Morgan fingerprint density at radius 2 is 1.64 bits per heavy atom. The Bertz CT molecular complexity index is 346. The Hall–Kier alpha value is -0.330. The molecule has 1 heterocycles. The molecule has 0 spiro atoms. The lowest BCUT2D eigenvalue weighted by Gasteiger charge is -2.43. The second-order valence-electron chi connectivity index (χ2n) is 7.11. The smallest absolute Gasteiger partial charge is 0.356 e. The van der Waals surface area contributed by atoms with Crippen LogP contribution < -0.4 is 0 Å². The van der Waals surface area contributed by atoms with E-state index in [2.05, 4.69) is 13.8 Å². The molecule has 1 N–H and O–H groups in total. The predicted molar refractivity (Wildman–Crippen MR) is 78.1 cm³/mol. The highest BCUT2D eigenvalue weighted by atomic mass is 19.4. The van der Waals surface area contributed by atoms with Crippen LogP contribution in [-0.4, -0.2) is 41.3 Å². The van der Waals surface area contributed by atoms with Gasteiger partial charge in [-0.3, -0.25) is 4.90 Å². The summed E-state index contributed by atoms with van der Waals surface area (Å²) < 4.78 is 45.5. The number of alkyl halides is 3. The van der Waals surface area contributed by atoms with E-state index >= 15 is 0 Å². The van der Waals surface area contributed by atoms with Gasteiger partial charge in [-0.2, -0.15) is 13.2 Å². The highest BCUT2D eigenvalue weighted by molar-refractivity contribution is 4.92. The number of halogens is 3. The van der Waals surface area contributed by atoms with Gasteiger partial charge in [0.05, 0.1) is 0 Å². The molecule has 2 aliphatic rings. The second kappa shape index (κ2) is 7.05. The van der Waals surface area contributed by atoms with Crippen LogP contribution in [0.5, 0.6) is 0 Å². The maximum Gasteiger partial charge on any atom is 0.417 e. The van der Waals surface area contributed by atoms with Gasteiger partial charge in [0.2, 0.25) is 6.41 Å². The Labute approximate surface area is 130 Å². The molecule has 2 fully saturated rings. The van der Waals surface area contributed by atoms with E-state index in [0.717, 1.165) is 19.3 Å². The standard InChI is InChI=1S/C16H28F3NO2/c1-12(2)13-6-10-20(11-7-13)14(21)22-15(16(17,18)19)8-4-3-5-9-15/h12-14,21H,3-11H2,1-2H3. The molecule has 1 saturated heterocycles. The van der Waals surface area contributed by atoms with Gasteiger partial charge in [-0.15, -0.1) is 0 Å². The van der Waals surface area contributed by atoms with Crippen molar-refractivity contribution in [1.29, 1.82) is 0 Å². The fraction of sp³-hybridized carbons (Fsp3) is 1.00. The summed E-state index contributed by atoms with van der Waals surface area (Å²) in [5.41, 5.74) is -2.17. The molecule has 1 atom stereocenters. The van der Waals surface area contributed by atoms with Crippen LogP contribution in [-0.2, 0) is 4.74 Å². The van der Waals surface area contributed by atoms with Gasteiger partial charge in [0.15, 0.2) is 5.60 Å². The first kappa shape index (κ1) is 18.0. The Kier molecular flexibility index (Phi) is 5.78. The quantitative estimate of drug-likeness (QED) is 0.796. The lowest BCUT2D eigenvalue weighted by atomic mass is 9.84. The molecular formula is C16H28F3NO2. The molecule has 0 amide bonds. The van der Waals surface area contributed by atoms with Crippen LogP contribution in [0.1, 0.15) is 58.8 Å². The molecule has 130 valence electrons. The van der Waals surface area contributed by atoms with Crippen LogP contribution in [0.15, 0.2) is 0 Å². The van der Waals surface area contributed by atoms with E-state index in [-0.39, 0.29) is 12.8 Å². The van der Waals surface area contributed by atoms with Crippen molar-refractivity contribution < 1.29 is 23.0 Å². The van der Waals surface area contributed by atoms with Crippen molar-refractivity contribution in [3.63, 3.8) is 0 Å². The van der Waals surface area contributed by atoms with E-state index in [1.807, 2.05) is 0 Å². The molecule has 0 aromatic heterocycles. The zero-order valence-electron chi connectivity index (χ0n) is 13.5. The monoisotopic (exact) mass is 323 g/mol. The molecule has 1 aliphatic heterocycles. The maximum absolute atomic E-state index is 13.4. The molecular weight excluding hydrogens is 295 g/mol. The molecule has 6 heteroatoms. The number of piperidine rings is 1. The highest BCUT2D eigenvalue weighted by Gasteiger charge is 2.57. The van der Waals surface area contributed by atoms with Gasteiger partial charge in [0.25, 0.3) is 0 Å². The Morgan fingerprint density at radius 1 is 1.09 bits per heavy atom. The summed E-state index contributed by atoms with van der Waals surface area (Å²) in [5.74, 6) is 1.15. The summed E-state index contributed by atoms with van der Waals surface area (Å²) in [5, 5.41) is 10.2. The van der Waals surface area contributed by atoms with Crippen LogP contribution in [0, 0.1) is 11.8 Å². The van der Waals surface area contributed by atoms with Crippen molar-refractivity contribution in [3.05, 3.63) is 0 Å². The first-order valence-electron chi connectivity index (χ1n) is 8.42. The lowest BCUT2D eigenvalue weighted by molar-refractivity contribution is -0.351. The van der Waals surface area contributed by atoms with E-state index in [1.54, 1.807) is 4.90 Å². The number of ether oxygens (including phenoxy) is 1. The third kappa shape index (κ3) is 3.95. The van der Waals surface area contributed by atoms with Crippen molar-refractivity contribution in [3.8, 4) is 0 Å². The fourth-order valence-electron chi connectivity index (χ4n) is 3.67. The van der Waals surface area contributed by atoms with Crippen molar-refractivity contribution in [2.75, 3.05) is 13.1 Å². The van der Waals surface area contributed by atoms with Crippen LogP contribution in [0.2, 0.25) is 0 Å². The average molecular weight is 323 g/mol. The van der Waals surface area contributed by atoms with Gasteiger partial charge in [-0.1, -0.05) is 33.1 Å². The van der Waals surface area contributed by atoms with Gasteiger partial charge >= 0.3 is 6.18 Å². The van der Waals surface area contributed by atoms with Crippen LogP contribution in [0.3, 0.4) is 0 Å². The summed E-state index contributed by atoms with van der Waals surface area (Å²) in [6.07, 6.45) is -2.36. The van der Waals surface area contributed by atoms with Gasteiger partial charge in [-0.25, -0.2) is 0 Å². The summed E-state index contributed by atoms with van der Waals surface area (Å²) in [4.78, 5) is 1.64. The van der Waals surface area contributed by atoms with E-state index in [9.17, 15) is 18.3 Å².